The quantitative estimate of drug-likeness (QED) is 0.164. The van der Waals surface area contributed by atoms with E-state index in [9.17, 15) is 5.11 Å². The summed E-state index contributed by atoms with van der Waals surface area (Å²) in [6.45, 7) is -0.242. The van der Waals surface area contributed by atoms with Crippen LogP contribution < -0.4 is 19.5 Å². The summed E-state index contributed by atoms with van der Waals surface area (Å²) in [7, 11) is 4.92. The number of ether oxygens (including phenoxy) is 6. The largest absolute Gasteiger partial charge is 0.497 e. The van der Waals surface area contributed by atoms with Crippen molar-refractivity contribution in [2.24, 2.45) is 0 Å². The molecule has 5 atom stereocenters. The molecule has 51 heavy (non-hydrogen) atoms. The molecule has 2 aromatic heterocycles. The van der Waals surface area contributed by atoms with Crippen LogP contribution in [-0.4, -0.2) is 70.9 Å². The van der Waals surface area contributed by atoms with E-state index in [1.54, 1.807) is 27.7 Å². The first-order valence-electron chi connectivity index (χ1n) is 16.6. The van der Waals surface area contributed by atoms with Gasteiger partial charge in [0.2, 0.25) is 0 Å². The Labute approximate surface area is 294 Å². The van der Waals surface area contributed by atoms with Crippen LogP contribution in [0.4, 0.5) is 5.82 Å². The van der Waals surface area contributed by atoms with Gasteiger partial charge in [0.05, 0.1) is 34.3 Å². The second kappa shape index (κ2) is 13.6. The predicted octanol–water partition coefficient (Wildman–Crippen LogP) is 5.63. The van der Waals surface area contributed by atoms with Gasteiger partial charge in [0.25, 0.3) is 0 Å². The number of rotatable bonds is 11. The van der Waals surface area contributed by atoms with Crippen molar-refractivity contribution >= 4 is 17.0 Å². The number of aliphatic hydroxyl groups excluding tert-OH is 1. The van der Waals surface area contributed by atoms with E-state index in [0.29, 0.717) is 17.0 Å². The average Bonchev–Trinajstić information content (AvgIpc) is 3.92. The van der Waals surface area contributed by atoms with E-state index in [-0.39, 0.29) is 6.61 Å². The number of hydrogen-bond acceptors (Lipinski definition) is 11. The third-order valence-corrected chi connectivity index (χ3v) is 9.61. The molecule has 0 saturated carbocycles. The van der Waals surface area contributed by atoms with E-state index < -0.39 is 36.4 Å². The molecule has 0 amide bonds. The number of anilines is 1. The summed E-state index contributed by atoms with van der Waals surface area (Å²) in [6.07, 6.45) is 0.179. The molecule has 6 aromatic rings. The molecule has 0 aliphatic carbocycles. The van der Waals surface area contributed by atoms with Crippen molar-refractivity contribution in [1.29, 1.82) is 0 Å². The van der Waals surface area contributed by atoms with Gasteiger partial charge in [0.15, 0.2) is 29.5 Å². The zero-order valence-electron chi connectivity index (χ0n) is 28.2. The van der Waals surface area contributed by atoms with Crippen molar-refractivity contribution in [1.82, 2.24) is 19.5 Å². The summed E-state index contributed by atoms with van der Waals surface area (Å²) in [6, 6.07) is 33.6. The zero-order chi connectivity index (χ0) is 35.0. The summed E-state index contributed by atoms with van der Waals surface area (Å²) < 4.78 is 37.3. The number of nitrogens with zero attached hydrogens (tertiary/aromatic N) is 4. The van der Waals surface area contributed by atoms with Gasteiger partial charge in [-0.2, -0.15) is 0 Å². The lowest BCUT2D eigenvalue weighted by atomic mass is 9.77. The molecule has 260 valence electrons. The number of aliphatic hydroxyl groups is 1. The molecule has 12 nitrogen and oxygen atoms in total. The van der Waals surface area contributed by atoms with E-state index in [0.717, 1.165) is 39.5 Å². The van der Waals surface area contributed by atoms with Crippen LogP contribution in [0.15, 0.2) is 116 Å². The minimum Gasteiger partial charge on any atom is -0.497 e. The standard InChI is InChI=1S/C39H37N5O7/c1-46-28-15-9-24(10-16-28)38-50-33-31(21-45)49-37(34(33)51-38)44-23-42-32-35(40-22-41-36(32)44)43-39(25-7-5-4-6-8-25,26-11-17-29(47-2)18-12-26)27-13-19-30(48-3)20-14-27/h4-20,22-23,31,33-34,37-38,45H,21H2,1-3H3,(H,40,41,43)/t31-,33-,34-,37-,38-/m1/s1. The zero-order valence-corrected chi connectivity index (χ0v) is 28.2. The van der Waals surface area contributed by atoms with Crippen molar-refractivity contribution < 1.29 is 33.5 Å². The van der Waals surface area contributed by atoms with Gasteiger partial charge in [-0.3, -0.25) is 4.57 Å². The molecule has 0 spiro atoms. The molecule has 4 heterocycles. The van der Waals surface area contributed by atoms with Gasteiger partial charge in [-0.05, 0) is 53.1 Å². The minimum absolute atomic E-state index is 0.242. The number of benzene rings is 4. The topological polar surface area (TPSA) is 131 Å². The summed E-state index contributed by atoms with van der Waals surface area (Å²) in [5, 5.41) is 14.1. The van der Waals surface area contributed by atoms with E-state index in [1.807, 2.05) is 95.6 Å². The van der Waals surface area contributed by atoms with Crippen LogP contribution in [0.1, 0.15) is 34.8 Å². The van der Waals surface area contributed by atoms with E-state index in [2.05, 4.69) is 22.4 Å². The molecular weight excluding hydrogens is 650 g/mol. The molecule has 2 aliphatic rings. The number of nitrogens with one attached hydrogen (secondary N) is 1. The summed E-state index contributed by atoms with van der Waals surface area (Å²) in [5.41, 5.74) is 3.81. The Morgan fingerprint density at radius 3 is 1.84 bits per heavy atom. The lowest BCUT2D eigenvalue weighted by Crippen LogP contribution is -2.38. The first-order valence-corrected chi connectivity index (χ1v) is 16.6. The van der Waals surface area contributed by atoms with Gasteiger partial charge in [-0.25, -0.2) is 15.0 Å². The number of aromatic nitrogens is 4. The molecule has 12 heteroatoms. The molecular formula is C39H37N5O7. The van der Waals surface area contributed by atoms with Crippen molar-refractivity contribution in [3.8, 4) is 17.2 Å². The van der Waals surface area contributed by atoms with Crippen molar-refractivity contribution in [3.05, 3.63) is 138 Å². The van der Waals surface area contributed by atoms with Crippen LogP contribution in [0.2, 0.25) is 0 Å². The van der Waals surface area contributed by atoms with E-state index in [4.69, 9.17) is 38.4 Å². The second-order valence-electron chi connectivity index (χ2n) is 12.3. The van der Waals surface area contributed by atoms with Crippen molar-refractivity contribution in [3.63, 3.8) is 0 Å². The highest BCUT2D eigenvalue weighted by atomic mass is 16.8. The van der Waals surface area contributed by atoms with Crippen molar-refractivity contribution in [2.45, 2.75) is 36.4 Å². The molecule has 0 radical (unpaired) electrons. The van der Waals surface area contributed by atoms with Gasteiger partial charge in [0.1, 0.15) is 47.4 Å². The predicted molar refractivity (Wildman–Crippen MR) is 188 cm³/mol. The van der Waals surface area contributed by atoms with Crippen LogP contribution in [0.25, 0.3) is 11.2 Å². The fraction of sp³-hybridized carbons (Fsp3) is 0.256. The van der Waals surface area contributed by atoms with Gasteiger partial charge in [0, 0.05) is 5.56 Å². The Bertz CT molecular complexity index is 2040. The maximum atomic E-state index is 10.3. The Balaban J connectivity index is 1.21. The monoisotopic (exact) mass is 687 g/mol. The first kappa shape index (κ1) is 32.7. The fourth-order valence-electron chi connectivity index (χ4n) is 7.02. The molecule has 2 saturated heterocycles. The number of hydrogen-bond donors (Lipinski definition) is 2. The van der Waals surface area contributed by atoms with Crippen LogP contribution >= 0.6 is 0 Å². The molecule has 0 bridgehead atoms. The maximum absolute atomic E-state index is 10.3. The van der Waals surface area contributed by atoms with Gasteiger partial charge >= 0.3 is 0 Å². The van der Waals surface area contributed by atoms with Crippen LogP contribution in [0.3, 0.4) is 0 Å². The van der Waals surface area contributed by atoms with Gasteiger partial charge in [-0.1, -0.05) is 66.7 Å². The molecule has 2 N–H and O–H groups in total. The molecule has 4 aromatic carbocycles. The number of methoxy groups -OCH3 is 3. The third-order valence-electron chi connectivity index (χ3n) is 9.61. The van der Waals surface area contributed by atoms with Crippen LogP contribution in [0, 0.1) is 0 Å². The minimum atomic E-state index is -0.935. The lowest BCUT2D eigenvalue weighted by molar-refractivity contribution is -0.153. The molecule has 2 aliphatic heterocycles. The Hall–Kier alpha value is -5.53. The summed E-state index contributed by atoms with van der Waals surface area (Å²) in [4.78, 5) is 14.2. The first-order chi connectivity index (χ1) is 25.1. The Morgan fingerprint density at radius 1 is 0.686 bits per heavy atom. The number of fused-ring (bicyclic) bond motifs is 2. The van der Waals surface area contributed by atoms with Crippen molar-refractivity contribution in [2.75, 3.05) is 33.3 Å². The van der Waals surface area contributed by atoms with E-state index in [1.165, 1.54) is 6.33 Å². The van der Waals surface area contributed by atoms with Crippen LogP contribution in [0.5, 0.6) is 17.2 Å². The SMILES string of the molecule is COc1ccc([C@H]2O[C@@H]3[C@H](O2)[C@@H](CO)O[C@H]3n2cnc3c(NC(c4ccccc4)(c4ccc(OC)cc4)c4ccc(OC)cc4)ncnc32)cc1. The lowest BCUT2D eigenvalue weighted by Gasteiger charge is -2.37. The molecule has 0 unspecified atom stereocenters. The highest BCUT2D eigenvalue weighted by molar-refractivity contribution is 5.84. The highest BCUT2D eigenvalue weighted by Gasteiger charge is 2.54. The summed E-state index contributed by atoms with van der Waals surface area (Å²) >= 11 is 0. The smallest absolute Gasteiger partial charge is 0.185 e. The third kappa shape index (κ3) is 5.71. The number of imidazole rings is 1. The fourth-order valence-corrected chi connectivity index (χ4v) is 7.02. The van der Waals surface area contributed by atoms with Crippen LogP contribution in [-0.2, 0) is 19.7 Å². The summed E-state index contributed by atoms with van der Waals surface area (Å²) in [5.74, 6) is 2.71. The highest BCUT2D eigenvalue weighted by Crippen LogP contribution is 2.46. The molecule has 8 rings (SSSR count). The van der Waals surface area contributed by atoms with Gasteiger partial charge in [-0.15, -0.1) is 0 Å². The van der Waals surface area contributed by atoms with E-state index >= 15 is 0 Å². The average molecular weight is 688 g/mol. The molecule has 2 fully saturated rings. The normalized spacial score (nSPS) is 21.4. The Kier molecular flexibility index (Phi) is 8.74. The maximum Gasteiger partial charge on any atom is 0.185 e. The van der Waals surface area contributed by atoms with Gasteiger partial charge < -0.3 is 38.8 Å². The Morgan fingerprint density at radius 2 is 1.25 bits per heavy atom. The second-order valence-corrected chi connectivity index (χ2v) is 12.3.